The summed E-state index contributed by atoms with van der Waals surface area (Å²) in [5.74, 6) is 1.19. The highest BCUT2D eigenvalue weighted by molar-refractivity contribution is 7.99. The average molecular weight is 386 g/mol. The SMILES string of the molecule is O=C(CSc1nc2ccc([N+](=O)[O-])cc2[nH]1)Nc1ccc2c(c1)OCCO2. The van der Waals surface area contributed by atoms with Gasteiger partial charge in [-0.3, -0.25) is 14.9 Å². The number of benzene rings is 2. The van der Waals surface area contributed by atoms with Gasteiger partial charge in [-0.2, -0.15) is 0 Å². The number of hydrogen-bond acceptors (Lipinski definition) is 7. The van der Waals surface area contributed by atoms with E-state index in [1.807, 2.05) is 0 Å². The maximum atomic E-state index is 12.2. The molecule has 1 aliphatic rings. The molecule has 4 rings (SSSR count). The van der Waals surface area contributed by atoms with Crippen LogP contribution in [0, 0.1) is 10.1 Å². The number of nitrogens with one attached hydrogen (secondary N) is 2. The van der Waals surface area contributed by atoms with E-state index in [1.54, 1.807) is 24.3 Å². The van der Waals surface area contributed by atoms with Gasteiger partial charge in [-0.05, 0) is 18.2 Å². The van der Waals surface area contributed by atoms with Gasteiger partial charge >= 0.3 is 0 Å². The van der Waals surface area contributed by atoms with Crippen LogP contribution in [-0.2, 0) is 4.79 Å². The van der Waals surface area contributed by atoms with Crippen LogP contribution in [0.5, 0.6) is 11.5 Å². The third-order valence-corrected chi connectivity index (χ3v) is 4.69. The van der Waals surface area contributed by atoms with Gasteiger partial charge in [-0.15, -0.1) is 0 Å². The molecule has 138 valence electrons. The first-order valence-corrected chi connectivity index (χ1v) is 9.03. The topological polar surface area (TPSA) is 119 Å². The van der Waals surface area contributed by atoms with Crippen LogP contribution in [0.2, 0.25) is 0 Å². The molecule has 3 aromatic rings. The van der Waals surface area contributed by atoms with Gasteiger partial charge in [0, 0.05) is 23.9 Å². The fraction of sp³-hybridized carbons (Fsp3) is 0.176. The van der Waals surface area contributed by atoms with Crippen molar-refractivity contribution < 1.29 is 19.2 Å². The van der Waals surface area contributed by atoms with Gasteiger partial charge in [-0.1, -0.05) is 11.8 Å². The van der Waals surface area contributed by atoms with E-state index in [4.69, 9.17) is 9.47 Å². The Bertz CT molecular complexity index is 1040. The number of carbonyl (C=O) groups excluding carboxylic acids is 1. The molecule has 2 aromatic carbocycles. The van der Waals surface area contributed by atoms with E-state index in [9.17, 15) is 14.9 Å². The summed E-state index contributed by atoms with van der Waals surface area (Å²) in [5, 5.41) is 14.1. The lowest BCUT2D eigenvalue weighted by Crippen LogP contribution is -2.17. The zero-order valence-electron chi connectivity index (χ0n) is 13.9. The van der Waals surface area contributed by atoms with E-state index < -0.39 is 4.92 Å². The Kier molecular flexibility index (Phi) is 4.55. The molecule has 1 aliphatic heterocycles. The molecule has 10 heteroatoms. The van der Waals surface area contributed by atoms with Crippen LogP contribution in [0.15, 0.2) is 41.6 Å². The van der Waals surface area contributed by atoms with E-state index in [1.165, 1.54) is 23.9 Å². The number of nitro groups is 1. The Hall–Kier alpha value is -3.27. The van der Waals surface area contributed by atoms with E-state index in [2.05, 4.69) is 15.3 Å². The van der Waals surface area contributed by atoms with Gasteiger partial charge in [-0.25, -0.2) is 4.98 Å². The fourth-order valence-corrected chi connectivity index (χ4v) is 3.29. The standard InChI is InChI=1S/C17H14N4O5S/c22-16(18-10-1-4-14-15(7-10)26-6-5-25-14)9-27-17-19-12-3-2-11(21(23)24)8-13(12)20-17/h1-4,7-8H,5-6,9H2,(H,18,22)(H,19,20). The summed E-state index contributed by atoms with van der Waals surface area (Å²) in [5.41, 5.74) is 1.76. The average Bonchev–Trinajstić information content (AvgIpc) is 3.08. The number of nitrogens with zero attached hydrogens (tertiary/aromatic N) is 2. The molecule has 0 radical (unpaired) electrons. The van der Waals surface area contributed by atoms with E-state index >= 15 is 0 Å². The van der Waals surface area contributed by atoms with Crippen molar-refractivity contribution in [3.8, 4) is 11.5 Å². The number of thioether (sulfide) groups is 1. The first-order chi connectivity index (χ1) is 13.1. The number of ether oxygens (including phenoxy) is 2. The predicted octanol–water partition coefficient (Wildman–Crippen LogP) is 2.97. The molecule has 0 unspecified atom stereocenters. The molecular formula is C17H14N4O5S. The van der Waals surface area contributed by atoms with Crippen LogP contribution in [0.4, 0.5) is 11.4 Å². The number of rotatable bonds is 5. The quantitative estimate of drug-likeness (QED) is 0.393. The number of carbonyl (C=O) groups is 1. The Morgan fingerprint density at radius 1 is 1.22 bits per heavy atom. The monoisotopic (exact) mass is 386 g/mol. The molecule has 0 fully saturated rings. The Morgan fingerprint density at radius 3 is 2.85 bits per heavy atom. The predicted molar refractivity (Wildman–Crippen MR) is 99.5 cm³/mol. The molecule has 27 heavy (non-hydrogen) atoms. The van der Waals surface area contributed by atoms with Gasteiger partial charge in [0.25, 0.3) is 5.69 Å². The minimum absolute atomic E-state index is 0.0148. The lowest BCUT2D eigenvalue weighted by Gasteiger charge is -2.18. The Balaban J connectivity index is 1.39. The molecule has 9 nitrogen and oxygen atoms in total. The van der Waals surface area contributed by atoms with Crippen molar-refractivity contribution in [1.29, 1.82) is 0 Å². The lowest BCUT2D eigenvalue weighted by molar-refractivity contribution is -0.384. The van der Waals surface area contributed by atoms with Gasteiger partial charge in [0.15, 0.2) is 16.7 Å². The largest absolute Gasteiger partial charge is 0.486 e. The molecule has 0 saturated carbocycles. The Morgan fingerprint density at radius 2 is 2.04 bits per heavy atom. The number of nitro benzene ring substituents is 1. The molecule has 0 atom stereocenters. The zero-order valence-corrected chi connectivity index (χ0v) is 14.7. The number of anilines is 1. The van der Waals surface area contributed by atoms with Crippen LogP contribution >= 0.6 is 11.8 Å². The summed E-state index contributed by atoms with van der Waals surface area (Å²) in [7, 11) is 0. The normalized spacial score (nSPS) is 12.7. The minimum Gasteiger partial charge on any atom is -0.486 e. The third kappa shape index (κ3) is 3.80. The summed E-state index contributed by atoms with van der Waals surface area (Å²) in [6.07, 6.45) is 0. The van der Waals surface area contributed by atoms with E-state index in [0.29, 0.717) is 46.6 Å². The number of amides is 1. The van der Waals surface area contributed by atoms with Gasteiger partial charge < -0.3 is 19.8 Å². The number of aromatic amines is 1. The number of hydrogen-bond donors (Lipinski definition) is 2. The second-order valence-electron chi connectivity index (χ2n) is 5.70. The molecule has 2 heterocycles. The smallest absolute Gasteiger partial charge is 0.271 e. The molecule has 1 aromatic heterocycles. The van der Waals surface area contributed by atoms with Crippen molar-refractivity contribution in [2.24, 2.45) is 0 Å². The third-order valence-electron chi connectivity index (χ3n) is 3.82. The lowest BCUT2D eigenvalue weighted by atomic mass is 10.2. The first-order valence-electron chi connectivity index (χ1n) is 8.05. The first kappa shape index (κ1) is 17.2. The van der Waals surface area contributed by atoms with Crippen LogP contribution in [0.25, 0.3) is 11.0 Å². The maximum Gasteiger partial charge on any atom is 0.271 e. The van der Waals surface area contributed by atoms with Crippen molar-refractivity contribution in [3.63, 3.8) is 0 Å². The van der Waals surface area contributed by atoms with E-state index in [-0.39, 0.29) is 17.3 Å². The van der Waals surface area contributed by atoms with Crippen LogP contribution < -0.4 is 14.8 Å². The maximum absolute atomic E-state index is 12.2. The summed E-state index contributed by atoms with van der Waals surface area (Å²) in [6.45, 7) is 0.987. The van der Waals surface area contributed by atoms with E-state index in [0.717, 1.165) is 0 Å². The molecule has 0 spiro atoms. The highest BCUT2D eigenvalue weighted by Crippen LogP contribution is 2.32. The summed E-state index contributed by atoms with van der Waals surface area (Å²) >= 11 is 1.21. The Labute approximate surface area is 157 Å². The highest BCUT2D eigenvalue weighted by atomic mass is 32.2. The van der Waals surface area contributed by atoms with Crippen molar-refractivity contribution >= 4 is 40.1 Å². The van der Waals surface area contributed by atoms with Gasteiger partial charge in [0.05, 0.1) is 21.7 Å². The van der Waals surface area contributed by atoms with Gasteiger partial charge in [0.2, 0.25) is 5.91 Å². The fourth-order valence-electron chi connectivity index (χ4n) is 2.61. The molecule has 1 amide bonds. The second-order valence-corrected chi connectivity index (χ2v) is 6.66. The molecule has 2 N–H and O–H groups in total. The molecule has 0 aliphatic carbocycles. The zero-order chi connectivity index (χ0) is 18.8. The number of aromatic nitrogens is 2. The highest BCUT2D eigenvalue weighted by Gasteiger charge is 2.14. The van der Waals surface area contributed by atoms with Crippen LogP contribution in [-0.4, -0.2) is 39.8 Å². The number of imidazole rings is 1. The molecule has 0 saturated heterocycles. The summed E-state index contributed by atoms with van der Waals surface area (Å²) < 4.78 is 10.9. The summed E-state index contributed by atoms with van der Waals surface area (Å²) in [4.78, 5) is 29.8. The van der Waals surface area contributed by atoms with Gasteiger partial charge in [0.1, 0.15) is 13.2 Å². The van der Waals surface area contributed by atoms with Crippen molar-refractivity contribution in [2.75, 3.05) is 24.3 Å². The summed E-state index contributed by atoms with van der Waals surface area (Å²) in [6, 6.07) is 9.61. The molecule has 0 bridgehead atoms. The van der Waals surface area contributed by atoms with Crippen molar-refractivity contribution in [2.45, 2.75) is 5.16 Å². The van der Waals surface area contributed by atoms with Crippen LogP contribution in [0.1, 0.15) is 0 Å². The van der Waals surface area contributed by atoms with Crippen molar-refractivity contribution in [3.05, 3.63) is 46.5 Å². The molecular weight excluding hydrogens is 372 g/mol. The van der Waals surface area contributed by atoms with Crippen LogP contribution in [0.3, 0.4) is 0 Å². The number of non-ortho nitro benzene ring substituents is 1. The second kappa shape index (κ2) is 7.16. The minimum atomic E-state index is -0.464. The van der Waals surface area contributed by atoms with Crippen molar-refractivity contribution in [1.82, 2.24) is 9.97 Å². The number of fused-ring (bicyclic) bond motifs is 2. The number of H-pyrrole nitrogens is 1.